The highest BCUT2D eigenvalue weighted by Crippen LogP contribution is 2.27. The van der Waals surface area contributed by atoms with E-state index in [-0.39, 0.29) is 0 Å². The fraction of sp³-hybridized carbons (Fsp3) is 0.421. The molecule has 2 rings (SSSR count). The minimum absolute atomic E-state index is 0.705. The van der Waals surface area contributed by atoms with Crippen LogP contribution in [0.15, 0.2) is 41.6 Å². The zero-order valence-electron chi connectivity index (χ0n) is 13.3. The summed E-state index contributed by atoms with van der Waals surface area (Å²) in [6, 6.07) is 12.0. The van der Waals surface area contributed by atoms with Gasteiger partial charge in [-0.05, 0) is 23.3 Å². The Morgan fingerprint density at radius 2 is 1.77 bits per heavy atom. The maximum absolute atomic E-state index is 8.91. The molecule has 0 radical (unpaired) electrons. The maximum Gasteiger partial charge on any atom is 0.128 e. The average Bonchev–Trinajstić information content (AvgIpc) is 2.56. The highest BCUT2D eigenvalue weighted by Gasteiger charge is 2.07. The van der Waals surface area contributed by atoms with Crippen molar-refractivity contribution in [1.82, 2.24) is 0 Å². The van der Waals surface area contributed by atoms with E-state index >= 15 is 0 Å². The van der Waals surface area contributed by atoms with E-state index in [0.717, 1.165) is 28.5 Å². The normalized spacial score (nSPS) is 11.3. The number of rotatable bonds is 9. The van der Waals surface area contributed by atoms with Gasteiger partial charge < -0.3 is 9.94 Å². The molecule has 2 aromatic rings. The van der Waals surface area contributed by atoms with E-state index in [2.05, 4.69) is 12.1 Å². The summed E-state index contributed by atoms with van der Waals surface area (Å²) >= 11 is 0. The molecule has 118 valence electrons. The van der Waals surface area contributed by atoms with Gasteiger partial charge in [0.1, 0.15) is 5.75 Å². The molecule has 3 heteroatoms. The number of fused-ring (bicyclic) bond motifs is 1. The molecule has 0 aliphatic carbocycles. The molecule has 0 atom stereocenters. The lowest BCUT2D eigenvalue weighted by Crippen LogP contribution is -2.01. The van der Waals surface area contributed by atoms with Crippen molar-refractivity contribution in [3.8, 4) is 5.75 Å². The molecule has 1 N–H and O–H groups in total. The van der Waals surface area contributed by atoms with E-state index in [1.54, 1.807) is 0 Å². The quantitative estimate of drug-likeness (QED) is 0.292. The predicted molar refractivity (Wildman–Crippen MR) is 92.2 cm³/mol. The van der Waals surface area contributed by atoms with Crippen LogP contribution in [0.2, 0.25) is 0 Å². The average molecular weight is 299 g/mol. The zero-order valence-corrected chi connectivity index (χ0v) is 13.3. The molecule has 2 aromatic carbocycles. The highest BCUT2D eigenvalue weighted by atomic mass is 16.5. The highest BCUT2D eigenvalue weighted by molar-refractivity contribution is 6.02. The molecule has 0 saturated carbocycles. The number of unbranched alkanes of at least 4 members (excludes halogenated alkanes) is 5. The monoisotopic (exact) mass is 299 g/mol. The van der Waals surface area contributed by atoms with Crippen LogP contribution in [0.5, 0.6) is 5.75 Å². The Morgan fingerprint density at radius 3 is 2.59 bits per heavy atom. The van der Waals surface area contributed by atoms with Gasteiger partial charge in [-0.3, -0.25) is 0 Å². The van der Waals surface area contributed by atoms with Crippen LogP contribution in [0.4, 0.5) is 0 Å². The second-order valence-electron chi connectivity index (χ2n) is 5.56. The van der Waals surface area contributed by atoms with Gasteiger partial charge in [-0.2, -0.15) is 0 Å². The molecule has 0 aliphatic heterocycles. The summed E-state index contributed by atoms with van der Waals surface area (Å²) in [4.78, 5) is 0. The predicted octanol–water partition coefficient (Wildman–Crippen LogP) is 5.39. The molecular weight excluding hydrogens is 274 g/mol. The smallest absolute Gasteiger partial charge is 0.128 e. The van der Waals surface area contributed by atoms with Crippen molar-refractivity contribution in [2.24, 2.45) is 5.16 Å². The van der Waals surface area contributed by atoms with Crippen LogP contribution in [0.1, 0.15) is 51.0 Å². The Balaban J connectivity index is 1.97. The standard InChI is InChI=1S/C19H25NO2/c1-2-3-4-5-6-9-14-22-19-13-12-16-10-7-8-11-17(16)18(19)15-20-21/h7-8,10-13,15,21H,2-6,9,14H2,1H3. The molecular formula is C19H25NO2. The summed E-state index contributed by atoms with van der Waals surface area (Å²) in [7, 11) is 0. The lowest BCUT2D eigenvalue weighted by Gasteiger charge is -2.11. The van der Waals surface area contributed by atoms with Crippen molar-refractivity contribution >= 4 is 17.0 Å². The fourth-order valence-corrected chi connectivity index (χ4v) is 2.66. The molecule has 0 saturated heterocycles. The van der Waals surface area contributed by atoms with Crippen molar-refractivity contribution in [2.75, 3.05) is 6.61 Å². The van der Waals surface area contributed by atoms with Crippen molar-refractivity contribution < 1.29 is 9.94 Å². The summed E-state index contributed by atoms with van der Waals surface area (Å²) in [5.74, 6) is 0.782. The topological polar surface area (TPSA) is 41.8 Å². The second kappa shape index (κ2) is 9.08. The Morgan fingerprint density at radius 1 is 1.00 bits per heavy atom. The third-order valence-electron chi connectivity index (χ3n) is 3.87. The van der Waals surface area contributed by atoms with E-state index in [0.29, 0.717) is 6.61 Å². The van der Waals surface area contributed by atoms with Gasteiger partial charge >= 0.3 is 0 Å². The van der Waals surface area contributed by atoms with E-state index in [4.69, 9.17) is 9.94 Å². The third kappa shape index (κ3) is 4.48. The first-order valence-corrected chi connectivity index (χ1v) is 8.18. The number of nitrogens with zero attached hydrogens (tertiary/aromatic N) is 1. The number of hydrogen-bond donors (Lipinski definition) is 1. The Kier molecular flexibility index (Phi) is 6.75. The van der Waals surface area contributed by atoms with E-state index < -0.39 is 0 Å². The first-order chi connectivity index (χ1) is 10.9. The van der Waals surface area contributed by atoms with Crippen molar-refractivity contribution in [3.63, 3.8) is 0 Å². The molecule has 0 aliphatic rings. The summed E-state index contributed by atoms with van der Waals surface area (Å²) in [5, 5.41) is 14.3. The molecule has 22 heavy (non-hydrogen) atoms. The molecule has 0 amide bonds. The van der Waals surface area contributed by atoms with Gasteiger partial charge in [0.15, 0.2) is 0 Å². The van der Waals surface area contributed by atoms with Crippen molar-refractivity contribution in [1.29, 1.82) is 0 Å². The molecule has 0 bridgehead atoms. The number of benzene rings is 2. The summed E-state index contributed by atoms with van der Waals surface area (Å²) in [6.07, 6.45) is 8.91. The third-order valence-corrected chi connectivity index (χ3v) is 3.87. The van der Waals surface area contributed by atoms with Crippen LogP contribution in [-0.4, -0.2) is 18.0 Å². The summed E-state index contributed by atoms with van der Waals surface area (Å²) in [6.45, 7) is 2.93. The lowest BCUT2D eigenvalue weighted by molar-refractivity contribution is 0.303. The van der Waals surface area contributed by atoms with Crippen LogP contribution < -0.4 is 4.74 Å². The molecule has 0 heterocycles. The van der Waals surface area contributed by atoms with E-state index in [1.807, 2.05) is 36.4 Å². The van der Waals surface area contributed by atoms with Crippen LogP contribution >= 0.6 is 0 Å². The molecule has 0 fully saturated rings. The van der Waals surface area contributed by atoms with Crippen LogP contribution in [0.25, 0.3) is 10.8 Å². The molecule has 0 unspecified atom stereocenters. The van der Waals surface area contributed by atoms with Crippen molar-refractivity contribution in [2.45, 2.75) is 45.4 Å². The Bertz CT molecular complexity index is 607. The Labute approximate surface area is 132 Å². The van der Waals surface area contributed by atoms with E-state index in [1.165, 1.54) is 38.3 Å². The summed E-state index contributed by atoms with van der Waals surface area (Å²) < 4.78 is 5.90. The van der Waals surface area contributed by atoms with Crippen LogP contribution in [-0.2, 0) is 0 Å². The zero-order chi connectivity index (χ0) is 15.6. The van der Waals surface area contributed by atoms with Gasteiger partial charge in [0.05, 0.1) is 12.8 Å². The van der Waals surface area contributed by atoms with Crippen LogP contribution in [0, 0.1) is 0 Å². The fourth-order valence-electron chi connectivity index (χ4n) is 2.66. The van der Waals surface area contributed by atoms with Gasteiger partial charge in [-0.25, -0.2) is 0 Å². The minimum atomic E-state index is 0.705. The van der Waals surface area contributed by atoms with Gasteiger partial charge in [0.25, 0.3) is 0 Å². The number of oxime groups is 1. The lowest BCUT2D eigenvalue weighted by atomic mass is 10.0. The molecule has 0 aromatic heterocycles. The number of ether oxygens (including phenoxy) is 1. The van der Waals surface area contributed by atoms with Gasteiger partial charge in [-0.1, -0.05) is 74.5 Å². The number of hydrogen-bond acceptors (Lipinski definition) is 3. The summed E-state index contributed by atoms with van der Waals surface area (Å²) in [5.41, 5.74) is 0.839. The van der Waals surface area contributed by atoms with Gasteiger partial charge in [0, 0.05) is 5.56 Å². The van der Waals surface area contributed by atoms with Crippen LogP contribution in [0.3, 0.4) is 0 Å². The largest absolute Gasteiger partial charge is 0.493 e. The Hall–Kier alpha value is -2.03. The minimum Gasteiger partial charge on any atom is -0.493 e. The van der Waals surface area contributed by atoms with Gasteiger partial charge in [0.2, 0.25) is 0 Å². The van der Waals surface area contributed by atoms with Crippen molar-refractivity contribution in [3.05, 3.63) is 42.0 Å². The SMILES string of the molecule is CCCCCCCCOc1ccc2ccccc2c1C=NO. The second-order valence-corrected chi connectivity index (χ2v) is 5.56. The first kappa shape index (κ1) is 16.3. The maximum atomic E-state index is 8.91. The molecule has 0 spiro atoms. The molecule has 3 nitrogen and oxygen atoms in total. The first-order valence-electron chi connectivity index (χ1n) is 8.18. The van der Waals surface area contributed by atoms with Gasteiger partial charge in [-0.15, -0.1) is 0 Å². The van der Waals surface area contributed by atoms with E-state index in [9.17, 15) is 0 Å².